The molecule has 1 aliphatic heterocycles. The Morgan fingerprint density at radius 1 is 1.45 bits per heavy atom. The van der Waals surface area contributed by atoms with Gasteiger partial charge in [0.05, 0.1) is 6.61 Å². The monoisotopic (exact) mass is 296 g/mol. The molecule has 20 heavy (non-hydrogen) atoms. The van der Waals surface area contributed by atoms with Crippen LogP contribution in [0.15, 0.2) is 12.1 Å². The van der Waals surface area contributed by atoms with Gasteiger partial charge >= 0.3 is 6.09 Å². The molecule has 0 N–H and O–H groups in total. The van der Waals surface area contributed by atoms with Crippen molar-refractivity contribution in [3.8, 4) is 0 Å². The second-order valence-corrected chi connectivity index (χ2v) is 6.70. The van der Waals surface area contributed by atoms with Crippen molar-refractivity contribution in [2.24, 2.45) is 0 Å². The number of piperidine rings is 1. The van der Waals surface area contributed by atoms with Crippen LogP contribution >= 0.6 is 11.3 Å². The minimum Gasteiger partial charge on any atom is -0.450 e. The zero-order valence-electron chi connectivity index (χ0n) is 12.6. The highest BCUT2D eigenvalue weighted by molar-refractivity contribution is 7.11. The van der Waals surface area contributed by atoms with Gasteiger partial charge in [-0.3, -0.25) is 4.90 Å². The Balaban J connectivity index is 1.78. The summed E-state index contributed by atoms with van der Waals surface area (Å²) in [6.45, 7) is 7.57. The molecule has 1 fully saturated rings. The molecular formula is C15H24N2O2S. The van der Waals surface area contributed by atoms with Gasteiger partial charge in [-0.25, -0.2) is 4.79 Å². The van der Waals surface area contributed by atoms with Crippen molar-refractivity contribution in [2.75, 3.05) is 26.7 Å². The van der Waals surface area contributed by atoms with Crippen LogP contribution in [0.3, 0.4) is 0 Å². The Bertz CT molecular complexity index is 439. The largest absolute Gasteiger partial charge is 0.450 e. The molecule has 1 saturated heterocycles. The summed E-state index contributed by atoms with van der Waals surface area (Å²) in [6.07, 6.45) is 1.86. The second-order valence-electron chi connectivity index (χ2n) is 5.33. The number of amides is 1. The first-order chi connectivity index (χ1) is 9.60. The van der Waals surface area contributed by atoms with Crippen LogP contribution < -0.4 is 0 Å². The molecule has 2 heterocycles. The van der Waals surface area contributed by atoms with Crippen LogP contribution in [-0.2, 0) is 11.3 Å². The highest BCUT2D eigenvalue weighted by Crippen LogP contribution is 2.21. The van der Waals surface area contributed by atoms with Crippen LogP contribution in [0.4, 0.5) is 4.79 Å². The molecule has 1 aliphatic rings. The van der Waals surface area contributed by atoms with Crippen LogP contribution in [0, 0.1) is 6.92 Å². The van der Waals surface area contributed by atoms with Gasteiger partial charge in [-0.05, 0) is 38.8 Å². The van der Waals surface area contributed by atoms with E-state index >= 15 is 0 Å². The molecule has 4 nitrogen and oxygen atoms in total. The van der Waals surface area contributed by atoms with E-state index in [-0.39, 0.29) is 6.09 Å². The third-order valence-corrected chi connectivity index (χ3v) is 4.82. The van der Waals surface area contributed by atoms with Crippen molar-refractivity contribution in [1.82, 2.24) is 9.80 Å². The van der Waals surface area contributed by atoms with E-state index in [0.29, 0.717) is 12.6 Å². The highest BCUT2D eigenvalue weighted by Gasteiger charge is 2.26. The van der Waals surface area contributed by atoms with Gasteiger partial charge in [-0.1, -0.05) is 0 Å². The lowest BCUT2D eigenvalue weighted by Crippen LogP contribution is -2.45. The fourth-order valence-electron chi connectivity index (χ4n) is 2.63. The Morgan fingerprint density at radius 3 is 2.70 bits per heavy atom. The Kier molecular flexibility index (Phi) is 5.43. The normalized spacial score (nSPS) is 17.1. The number of thiophene rings is 1. The van der Waals surface area contributed by atoms with E-state index in [1.807, 2.05) is 25.3 Å². The quantitative estimate of drug-likeness (QED) is 0.856. The Labute approximate surface area is 125 Å². The molecule has 0 radical (unpaired) electrons. The number of carbonyl (C=O) groups excluding carboxylic acids is 1. The van der Waals surface area contributed by atoms with Crippen LogP contribution in [0.1, 0.15) is 29.5 Å². The number of hydrogen-bond acceptors (Lipinski definition) is 4. The number of rotatable bonds is 4. The van der Waals surface area contributed by atoms with E-state index < -0.39 is 0 Å². The topological polar surface area (TPSA) is 32.8 Å². The zero-order valence-corrected chi connectivity index (χ0v) is 13.4. The van der Waals surface area contributed by atoms with E-state index in [9.17, 15) is 4.79 Å². The van der Waals surface area contributed by atoms with Crippen molar-refractivity contribution < 1.29 is 9.53 Å². The van der Waals surface area contributed by atoms with Gasteiger partial charge in [0.15, 0.2) is 0 Å². The molecule has 112 valence electrons. The van der Waals surface area contributed by atoms with Crippen molar-refractivity contribution in [1.29, 1.82) is 0 Å². The van der Waals surface area contributed by atoms with Gasteiger partial charge in [-0.2, -0.15) is 0 Å². The summed E-state index contributed by atoms with van der Waals surface area (Å²) in [7, 11) is 1.85. The first kappa shape index (κ1) is 15.3. The smallest absolute Gasteiger partial charge is 0.409 e. The lowest BCUT2D eigenvalue weighted by Gasteiger charge is -2.36. The van der Waals surface area contributed by atoms with Crippen LogP contribution in [-0.4, -0.2) is 48.7 Å². The maximum Gasteiger partial charge on any atom is 0.409 e. The minimum atomic E-state index is -0.195. The zero-order chi connectivity index (χ0) is 14.5. The third-order valence-electron chi connectivity index (χ3n) is 3.84. The predicted octanol–water partition coefficient (Wildman–Crippen LogP) is 3.11. The van der Waals surface area contributed by atoms with Gasteiger partial charge < -0.3 is 9.64 Å². The maximum absolute atomic E-state index is 11.7. The highest BCUT2D eigenvalue weighted by atomic mass is 32.1. The fraction of sp³-hybridized carbons (Fsp3) is 0.667. The molecule has 2 rings (SSSR count). The molecule has 1 aromatic heterocycles. The molecule has 1 aromatic rings. The van der Waals surface area contributed by atoms with E-state index in [0.717, 1.165) is 32.5 Å². The van der Waals surface area contributed by atoms with Crippen molar-refractivity contribution in [3.63, 3.8) is 0 Å². The maximum atomic E-state index is 11.7. The molecule has 0 atom stereocenters. The average Bonchev–Trinajstić information content (AvgIpc) is 2.84. The molecule has 0 bridgehead atoms. The van der Waals surface area contributed by atoms with Gasteiger partial charge in [0, 0.05) is 42.5 Å². The second kappa shape index (κ2) is 7.09. The van der Waals surface area contributed by atoms with Crippen LogP contribution in [0.25, 0.3) is 0 Å². The van der Waals surface area contributed by atoms with E-state index in [2.05, 4.69) is 24.0 Å². The van der Waals surface area contributed by atoms with Crippen molar-refractivity contribution in [2.45, 2.75) is 39.3 Å². The average molecular weight is 296 g/mol. The summed E-state index contributed by atoms with van der Waals surface area (Å²) in [5, 5.41) is 0. The van der Waals surface area contributed by atoms with Gasteiger partial charge in [-0.15, -0.1) is 11.3 Å². The number of likely N-dealkylation sites (tertiary alicyclic amines) is 1. The molecule has 0 aliphatic carbocycles. The molecule has 0 spiro atoms. The number of carbonyl (C=O) groups is 1. The lowest BCUT2D eigenvalue weighted by molar-refractivity contribution is 0.0791. The summed E-state index contributed by atoms with van der Waals surface area (Å²) in [4.78, 5) is 18.7. The SMILES string of the molecule is CCOC(=O)N(C)C1CCN(Cc2ccc(C)s2)CC1. The molecular weight excluding hydrogens is 272 g/mol. The first-order valence-electron chi connectivity index (χ1n) is 7.27. The molecule has 0 unspecified atom stereocenters. The Morgan fingerprint density at radius 2 is 2.15 bits per heavy atom. The van der Waals surface area contributed by atoms with E-state index in [1.165, 1.54) is 9.75 Å². The van der Waals surface area contributed by atoms with Gasteiger partial charge in [0.2, 0.25) is 0 Å². The number of aryl methyl sites for hydroxylation is 1. The van der Waals surface area contributed by atoms with Gasteiger partial charge in [0.1, 0.15) is 0 Å². The number of ether oxygens (including phenoxy) is 1. The predicted molar refractivity (Wildman–Crippen MR) is 82.1 cm³/mol. The number of hydrogen-bond donors (Lipinski definition) is 0. The van der Waals surface area contributed by atoms with Crippen molar-refractivity contribution >= 4 is 17.4 Å². The Hall–Kier alpha value is -1.07. The van der Waals surface area contributed by atoms with Crippen molar-refractivity contribution in [3.05, 3.63) is 21.9 Å². The van der Waals surface area contributed by atoms with E-state index in [1.54, 1.807) is 4.90 Å². The lowest BCUT2D eigenvalue weighted by atomic mass is 10.0. The standard InChI is InChI=1S/C15H24N2O2S/c1-4-19-15(18)16(3)13-7-9-17(10-8-13)11-14-6-5-12(2)20-14/h5-6,13H,4,7-11H2,1-3H3. The van der Waals surface area contributed by atoms with Gasteiger partial charge in [0.25, 0.3) is 0 Å². The third kappa shape index (κ3) is 3.96. The molecule has 0 saturated carbocycles. The minimum absolute atomic E-state index is 0.195. The van der Waals surface area contributed by atoms with Crippen LogP contribution in [0.2, 0.25) is 0 Å². The summed E-state index contributed by atoms with van der Waals surface area (Å²) in [6, 6.07) is 4.72. The number of nitrogens with zero attached hydrogens (tertiary/aromatic N) is 2. The van der Waals surface area contributed by atoms with E-state index in [4.69, 9.17) is 4.74 Å². The fourth-order valence-corrected chi connectivity index (χ4v) is 3.56. The summed E-state index contributed by atoms with van der Waals surface area (Å²) >= 11 is 1.87. The molecule has 0 aromatic carbocycles. The van der Waals surface area contributed by atoms with Crippen LogP contribution in [0.5, 0.6) is 0 Å². The molecule has 5 heteroatoms. The molecule has 1 amide bonds. The first-order valence-corrected chi connectivity index (χ1v) is 8.09. The summed E-state index contributed by atoms with van der Waals surface area (Å²) in [5.74, 6) is 0. The summed E-state index contributed by atoms with van der Waals surface area (Å²) in [5.41, 5.74) is 0. The summed E-state index contributed by atoms with van der Waals surface area (Å²) < 4.78 is 5.06.